The molecule has 3 heterocycles. The van der Waals surface area contributed by atoms with E-state index in [4.69, 9.17) is 15.6 Å². The molecule has 1 saturated heterocycles. The Labute approximate surface area is 204 Å². The Morgan fingerprint density at radius 3 is 2.71 bits per heavy atom. The number of carbonyl (C=O) groups is 1. The minimum absolute atomic E-state index is 0.141. The third-order valence-electron chi connectivity index (χ3n) is 5.92. The van der Waals surface area contributed by atoms with Gasteiger partial charge in [-0.1, -0.05) is 22.0 Å². The molecule has 0 spiro atoms. The fourth-order valence-corrected chi connectivity index (χ4v) is 4.40. The zero-order valence-electron chi connectivity index (χ0n) is 18.4. The lowest BCUT2D eigenvalue weighted by atomic mass is 10.1. The van der Waals surface area contributed by atoms with Crippen LogP contribution in [0.2, 0.25) is 0 Å². The first-order valence-electron chi connectivity index (χ1n) is 10.9. The zero-order valence-corrected chi connectivity index (χ0v) is 20.0. The van der Waals surface area contributed by atoms with Crippen LogP contribution < -0.4 is 5.73 Å². The van der Waals surface area contributed by atoms with Gasteiger partial charge in [-0.15, -0.1) is 0 Å². The average molecular weight is 524 g/mol. The van der Waals surface area contributed by atoms with Crippen molar-refractivity contribution < 1.29 is 13.9 Å². The summed E-state index contributed by atoms with van der Waals surface area (Å²) in [6.45, 7) is 2.03. The van der Waals surface area contributed by atoms with Crippen LogP contribution in [0.4, 0.5) is 10.1 Å². The summed E-state index contributed by atoms with van der Waals surface area (Å²) >= 11 is 3.46. The molecule has 5 rings (SSSR count). The zero-order chi connectivity index (χ0) is 23.8. The fraction of sp³-hybridized carbons (Fsp3) is 0.200. The molecule has 2 aromatic carbocycles. The maximum Gasteiger partial charge on any atom is 0.253 e. The lowest BCUT2D eigenvalue weighted by molar-refractivity contribution is -0.130. The van der Waals surface area contributed by atoms with Gasteiger partial charge in [0.1, 0.15) is 17.6 Å². The molecule has 2 aromatic heterocycles. The third kappa shape index (κ3) is 4.24. The maximum absolute atomic E-state index is 14.4. The van der Waals surface area contributed by atoms with Gasteiger partial charge in [0, 0.05) is 46.4 Å². The number of H-pyrrole nitrogens is 1. The molecular weight excluding hydrogens is 501 g/mol. The highest BCUT2D eigenvalue weighted by molar-refractivity contribution is 9.10. The second kappa shape index (κ2) is 9.08. The molecule has 1 aliphatic heterocycles. The number of nitrogens with one attached hydrogen (secondary N) is 1. The third-order valence-corrected chi connectivity index (χ3v) is 6.45. The van der Waals surface area contributed by atoms with E-state index in [2.05, 4.69) is 20.9 Å². The Kier molecular flexibility index (Phi) is 5.97. The normalized spacial score (nSPS) is 18.1. The topological polar surface area (TPSA) is 89.2 Å². The molecule has 9 heteroatoms. The first-order valence-corrected chi connectivity index (χ1v) is 11.7. The second-order valence-electron chi connectivity index (χ2n) is 8.22. The van der Waals surface area contributed by atoms with E-state index in [0.29, 0.717) is 29.9 Å². The molecule has 0 saturated carbocycles. The average Bonchev–Trinajstić information content (AvgIpc) is 3.54. The molecule has 0 unspecified atom stereocenters. The Morgan fingerprint density at radius 2 is 2.00 bits per heavy atom. The Morgan fingerprint density at radius 1 is 1.21 bits per heavy atom. The summed E-state index contributed by atoms with van der Waals surface area (Å²) in [7, 11) is 0. The number of anilines is 1. The first-order chi connectivity index (χ1) is 16.4. The van der Waals surface area contributed by atoms with Crippen molar-refractivity contribution in [2.75, 3.05) is 12.3 Å². The predicted octanol–water partition coefficient (Wildman–Crippen LogP) is 4.84. The number of aromatic nitrogens is 3. The molecule has 1 amide bonds. The molecule has 2 atom stereocenters. The van der Waals surface area contributed by atoms with Crippen LogP contribution >= 0.6 is 15.9 Å². The number of halogens is 2. The standard InChI is InChI=1S/C25H23BrFN5O2/c1-15-24(33)31(11-9-16-2-5-19(28)12-22(16)27)25(34-15)21-14-32(20-6-3-18(26)4-7-20)30-23(21)17-8-10-29-13-17/h2-8,10,12-15,25,29H,9,11,28H2,1H3/t15-,25-/m0/s1. The summed E-state index contributed by atoms with van der Waals surface area (Å²) in [6, 6.07) is 14.3. The molecule has 4 aromatic rings. The number of benzene rings is 2. The van der Waals surface area contributed by atoms with Crippen molar-refractivity contribution in [1.82, 2.24) is 19.7 Å². The molecular formula is C25H23BrFN5O2. The van der Waals surface area contributed by atoms with E-state index < -0.39 is 12.3 Å². The van der Waals surface area contributed by atoms with Crippen molar-refractivity contribution in [2.45, 2.75) is 25.7 Å². The van der Waals surface area contributed by atoms with Gasteiger partial charge in [-0.3, -0.25) is 4.79 Å². The summed E-state index contributed by atoms with van der Waals surface area (Å²) in [6.07, 6.45) is 4.64. The Bertz CT molecular complexity index is 1320. The summed E-state index contributed by atoms with van der Waals surface area (Å²) < 4.78 is 23.2. The smallest absolute Gasteiger partial charge is 0.253 e. The van der Waals surface area contributed by atoms with Crippen LogP contribution in [0.3, 0.4) is 0 Å². The summed E-state index contributed by atoms with van der Waals surface area (Å²) in [5, 5.41) is 4.81. The van der Waals surface area contributed by atoms with Crippen molar-refractivity contribution >= 4 is 27.5 Å². The number of hydrogen-bond acceptors (Lipinski definition) is 4. The van der Waals surface area contributed by atoms with E-state index in [1.165, 1.54) is 6.07 Å². The highest BCUT2D eigenvalue weighted by Gasteiger charge is 2.40. The number of nitrogens with zero attached hydrogens (tertiary/aromatic N) is 3. The summed E-state index contributed by atoms with van der Waals surface area (Å²) in [5.41, 5.74) is 9.75. The van der Waals surface area contributed by atoms with Gasteiger partial charge >= 0.3 is 0 Å². The molecule has 34 heavy (non-hydrogen) atoms. The lowest BCUT2D eigenvalue weighted by Gasteiger charge is -2.23. The molecule has 1 fully saturated rings. The molecule has 1 aliphatic rings. The highest BCUT2D eigenvalue weighted by Crippen LogP contribution is 2.37. The number of ether oxygens (including phenoxy) is 1. The van der Waals surface area contributed by atoms with Gasteiger partial charge in [0.15, 0.2) is 6.23 Å². The van der Waals surface area contributed by atoms with Crippen LogP contribution in [-0.2, 0) is 16.0 Å². The monoisotopic (exact) mass is 523 g/mol. The predicted molar refractivity (Wildman–Crippen MR) is 131 cm³/mol. The highest BCUT2D eigenvalue weighted by atomic mass is 79.9. The van der Waals surface area contributed by atoms with E-state index in [1.54, 1.807) is 28.6 Å². The van der Waals surface area contributed by atoms with Gasteiger partial charge in [0.2, 0.25) is 0 Å². The molecule has 174 valence electrons. The largest absolute Gasteiger partial charge is 0.399 e. The number of nitrogens with two attached hydrogens (primary N) is 1. The first kappa shape index (κ1) is 22.4. The number of nitrogen functional groups attached to an aromatic ring is 1. The van der Waals surface area contributed by atoms with Crippen molar-refractivity contribution in [3.8, 4) is 16.9 Å². The number of hydrogen-bond donors (Lipinski definition) is 2. The molecule has 0 aliphatic carbocycles. The SMILES string of the molecule is C[C@@H]1O[C@@H](c2cn(-c3ccc(Br)cc3)nc2-c2cc[nH]c2)N(CCc2ccc(N)cc2F)C1=O. The molecule has 0 radical (unpaired) electrons. The number of rotatable bonds is 6. The second-order valence-corrected chi connectivity index (χ2v) is 9.13. The van der Waals surface area contributed by atoms with Crippen LogP contribution in [0, 0.1) is 5.82 Å². The summed E-state index contributed by atoms with van der Waals surface area (Å²) in [4.78, 5) is 17.7. The van der Waals surface area contributed by atoms with Gasteiger partial charge < -0.3 is 20.4 Å². The number of amides is 1. The van der Waals surface area contributed by atoms with Gasteiger partial charge in [-0.05, 0) is 61.4 Å². The van der Waals surface area contributed by atoms with Crippen LogP contribution in [0.25, 0.3) is 16.9 Å². The van der Waals surface area contributed by atoms with E-state index >= 15 is 0 Å². The minimum Gasteiger partial charge on any atom is -0.399 e. The van der Waals surface area contributed by atoms with E-state index in [-0.39, 0.29) is 11.7 Å². The van der Waals surface area contributed by atoms with Gasteiger partial charge in [0.25, 0.3) is 5.91 Å². The maximum atomic E-state index is 14.4. The van der Waals surface area contributed by atoms with Crippen LogP contribution in [0.5, 0.6) is 0 Å². The van der Waals surface area contributed by atoms with Gasteiger partial charge in [0.05, 0.1) is 5.69 Å². The quantitative estimate of drug-likeness (QED) is 0.354. The molecule has 0 bridgehead atoms. The number of aromatic amines is 1. The van der Waals surface area contributed by atoms with Crippen molar-refractivity contribution in [3.63, 3.8) is 0 Å². The summed E-state index contributed by atoms with van der Waals surface area (Å²) in [5.74, 6) is -0.523. The van der Waals surface area contributed by atoms with Gasteiger partial charge in [-0.2, -0.15) is 5.10 Å². The Balaban J connectivity index is 1.51. The molecule has 3 N–H and O–H groups in total. The van der Waals surface area contributed by atoms with Crippen molar-refractivity contribution in [3.05, 3.63) is 88.5 Å². The van der Waals surface area contributed by atoms with Gasteiger partial charge in [-0.25, -0.2) is 9.07 Å². The van der Waals surface area contributed by atoms with E-state index in [1.807, 2.05) is 48.9 Å². The van der Waals surface area contributed by atoms with E-state index in [0.717, 1.165) is 21.3 Å². The minimum atomic E-state index is -0.645. The van der Waals surface area contributed by atoms with Crippen LogP contribution in [0.15, 0.2) is 71.6 Å². The lowest BCUT2D eigenvalue weighted by Crippen LogP contribution is -2.32. The van der Waals surface area contributed by atoms with Crippen LogP contribution in [-0.4, -0.2) is 38.2 Å². The Hall–Kier alpha value is -3.43. The van der Waals surface area contributed by atoms with Crippen LogP contribution in [0.1, 0.15) is 24.3 Å². The number of carbonyl (C=O) groups excluding carboxylic acids is 1. The van der Waals surface area contributed by atoms with E-state index in [9.17, 15) is 9.18 Å². The van der Waals surface area contributed by atoms with Crippen molar-refractivity contribution in [2.24, 2.45) is 0 Å². The fourth-order valence-electron chi connectivity index (χ4n) is 4.14. The van der Waals surface area contributed by atoms with Crippen molar-refractivity contribution in [1.29, 1.82) is 0 Å². The molecule has 7 nitrogen and oxygen atoms in total.